The number of hydrogen-bond donors (Lipinski definition) is 1. The molecule has 3 rings (SSSR count). The highest BCUT2D eigenvalue weighted by atomic mass is 32.1. The highest BCUT2D eigenvalue weighted by molar-refractivity contribution is 7.21. The van der Waals surface area contributed by atoms with E-state index in [1.807, 2.05) is 18.2 Å². The van der Waals surface area contributed by atoms with Crippen LogP contribution in [0.5, 0.6) is 0 Å². The van der Waals surface area contributed by atoms with Gasteiger partial charge in [0.05, 0.1) is 16.6 Å². The summed E-state index contributed by atoms with van der Waals surface area (Å²) < 4.78 is 1.32. The molecular weight excluding hydrogens is 404 g/mol. The van der Waals surface area contributed by atoms with Crippen molar-refractivity contribution >= 4 is 38.1 Å². The van der Waals surface area contributed by atoms with E-state index in [9.17, 15) is 19.7 Å². The van der Waals surface area contributed by atoms with Crippen molar-refractivity contribution in [3.8, 4) is 0 Å². The first kappa shape index (κ1) is 21.6. The summed E-state index contributed by atoms with van der Waals surface area (Å²) in [4.78, 5) is 40.1. The molecule has 0 bridgehead atoms. The number of rotatable bonds is 7. The Morgan fingerprint density at radius 1 is 1.23 bits per heavy atom. The van der Waals surface area contributed by atoms with Gasteiger partial charge in [0.25, 0.3) is 5.56 Å². The molecule has 0 aliphatic rings. The summed E-state index contributed by atoms with van der Waals surface area (Å²) in [5.74, 6) is 0.304. The quantitative estimate of drug-likeness (QED) is 0.436. The third-order valence-electron chi connectivity index (χ3n) is 4.90. The van der Waals surface area contributed by atoms with E-state index in [0.29, 0.717) is 4.83 Å². The molecule has 0 fully saturated rings. The average molecular weight is 429 g/mol. The fraction of sp³-hybridized carbons (Fsp3) is 0.381. The minimum Gasteiger partial charge on any atom is -0.326 e. The van der Waals surface area contributed by atoms with Crippen LogP contribution in [-0.2, 0) is 11.3 Å². The normalized spacial score (nSPS) is 11.4. The summed E-state index contributed by atoms with van der Waals surface area (Å²) in [6.45, 7) is 8.45. The Balaban J connectivity index is 1.79. The minimum absolute atomic E-state index is 0.0866. The summed E-state index contributed by atoms with van der Waals surface area (Å²) in [6.07, 6.45) is 1.42. The van der Waals surface area contributed by atoms with Crippen molar-refractivity contribution in [1.82, 2.24) is 9.55 Å². The molecule has 9 heteroatoms. The largest absolute Gasteiger partial charge is 0.326 e. The van der Waals surface area contributed by atoms with Crippen molar-refractivity contribution in [3.05, 3.63) is 62.2 Å². The number of thiophene rings is 1. The van der Waals surface area contributed by atoms with Crippen molar-refractivity contribution < 1.29 is 9.72 Å². The van der Waals surface area contributed by atoms with Gasteiger partial charge in [0.2, 0.25) is 5.91 Å². The number of fused-ring (bicyclic) bond motifs is 1. The molecule has 3 aromatic rings. The summed E-state index contributed by atoms with van der Waals surface area (Å²) in [5, 5.41) is 14.0. The number of anilines is 1. The molecule has 1 amide bonds. The lowest BCUT2D eigenvalue weighted by Crippen LogP contribution is -2.24. The molecule has 0 saturated carbocycles. The van der Waals surface area contributed by atoms with Crippen LogP contribution in [0, 0.1) is 10.1 Å². The van der Waals surface area contributed by atoms with E-state index in [0.717, 1.165) is 28.2 Å². The number of hydrogen-bond acceptors (Lipinski definition) is 6. The number of para-hydroxylation sites is 1. The monoisotopic (exact) mass is 428 g/mol. The van der Waals surface area contributed by atoms with Crippen molar-refractivity contribution in [3.63, 3.8) is 0 Å². The Hall–Kier alpha value is -3.07. The molecule has 158 valence electrons. The minimum atomic E-state index is -0.540. The number of nitro groups is 1. The van der Waals surface area contributed by atoms with Crippen LogP contribution in [0.2, 0.25) is 0 Å². The first-order valence-electron chi connectivity index (χ1n) is 9.75. The Bertz CT molecular complexity index is 1140. The molecular formula is C21H24N4O4S. The number of carbonyl (C=O) groups is 1. The maximum absolute atomic E-state index is 12.7. The molecule has 1 N–H and O–H groups in total. The van der Waals surface area contributed by atoms with Gasteiger partial charge in [-0.25, -0.2) is 4.98 Å². The van der Waals surface area contributed by atoms with Gasteiger partial charge < -0.3 is 5.32 Å². The van der Waals surface area contributed by atoms with Crippen LogP contribution >= 0.6 is 11.3 Å². The molecule has 0 aliphatic heterocycles. The number of aromatic nitrogens is 2. The summed E-state index contributed by atoms with van der Waals surface area (Å²) in [6, 6.07) is 7.26. The van der Waals surface area contributed by atoms with Gasteiger partial charge in [-0.05, 0) is 34.3 Å². The first-order chi connectivity index (χ1) is 14.2. The Morgan fingerprint density at radius 3 is 2.43 bits per heavy atom. The van der Waals surface area contributed by atoms with Crippen LogP contribution < -0.4 is 10.9 Å². The molecule has 0 saturated heterocycles. The van der Waals surface area contributed by atoms with Gasteiger partial charge in [-0.15, -0.1) is 0 Å². The van der Waals surface area contributed by atoms with E-state index < -0.39 is 4.92 Å². The predicted molar refractivity (Wildman–Crippen MR) is 118 cm³/mol. The topological polar surface area (TPSA) is 107 Å². The van der Waals surface area contributed by atoms with E-state index in [-0.39, 0.29) is 46.7 Å². The van der Waals surface area contributed by atoms with Crippen LogP contribution in [0.3, 0.4) is 0 Å². The maximum Gasteiger partial charge on any atom is 0.326 e. The average Bonchev–Trinajstić information content (AvgIpc) is 3.13. The van der Waals surface area contributed by atoms with E-state index in [2.05, 4.69) is 38.0 Å². The van der Waals surface area contributed by atoms with Crippen molar-refractivity contribution in [2.75, 3.05) is 5.32 Å². The lowest BCUT2D eigenvalue weighted by Gasteiger charge is -2.20. The molecule has 0 aliphatic carbocycles. The fourth-order valence-electron chi connectivity index (χ4n) is 3.32. The van der Waals surface area contributed by atoms with Crippen LogP contribution in [0.1, 0.15) is 57.1 Å². The molecule has 8 nitrogen and oxygen atoms in total. The SMILES string of the molecule is CC(C)c1cccc(C(C)C)c1NC(=O)CCn1cnc2sc([N+](=O)[O-])cc2c1=O. The third kappa shape index (κ3) is 4.40. The molecule has 30 heavy (non-hydrogen) atoms. The highest BCUT2D eigenvalue weighted by Crippen LogP contribution is 2.32. The standard InChI is InChI=1S/C21H24N4O4S/c1-12(2)14-6-5-7-15(13(3)4)19(14)23-17(26)8-9-24-11-22-20-16(21(24)27)10-18(30-20)25(28)29/h5-7,10-13H,8-9H2,1-4H3,(H,23,26). The zero-order chi connectivity index (χ0) is 22.0. The number of nitrogens with one attached hydrogen (secondary N) is 1. The van der Waals surface area contributed by atoms with Gasteiger partial charge in [-0.3, -0.25) is 24.3 Å². The fourth-order valence-corrected chi connectivity index (χ4v) is 4.12. The molecule has 0 radical (unpaired) electrons. The van der Waals surface area contributed by atoms with Gasteiger partial charge >= 0.3 is 5.00 Å². The Labute approximate surface area is 177 Å². The first-order valence-corrected chi connectivity index (χ1v) is 10.6. The number of nitrogens with zero attached hydrogens (tertiary/aromatic N) is 3. The van der Waals surface area contributed by atoms with Gasteiger partial charge in [-0.1, -0.05) is 45.9 Å². The third-order valence-corrected chi connectivity index (χ3v) is 5.90. The summed E-state index contributed by atoms with van der Waals surface area (Å²) in [7, 11) is 0. The zero-order valence-electron chi connectivity index (χ0n) is 17.3. The molecule has 0 spiro atoms. The van der Waals surface area contributed by atoms with Gasteiger partial charge in [0.1, 0.15) is 4.83 Å². The number of amides is 1. The van der Waals surface area contributed by atoms with Crippen LogP contribution in [0.4, 0.5) is 10.7 Å². The van der Waals surface area contributed by atoms with Crippen LogP contribution in [0.15, 0.2) is 35.4 Å². The summed E-state index contributed by atoms with van der Waals surface area (Å²) in [5.41, 5.74) is 2.59. The van der Waals surface area contributed by atoms with Crippen molar-refractivity contribution in [2.45, 2.75) is 52.5 Å². The Kier molecular flexibility index (Phi) is 6.31. The van der Waals surface area contributed by atoms with Crippen LogP contribution in [0.25, 0.3) is 10.2 Å². The molecule has 2 aromatic heterocycles. The second-order valence-corrected chi connectivity index (χ2v) is 8.73. The lowest BCUT2D eigenvalue weighted by molar-refractivity contribution is -0.380. The smallest absolute Gasteiger partial charge is 0.326 e. The zero-order valence-corrected chi connectivity index (χ0v) is 18.2. The molecule has 0 unspecified atom stereocenters. The number of carbonyl (C=O) groups excluding carboxylic acids is 1. The Morgan fingerprint density at radius 2 is 1.87 bits per heavy atom. The van der Waals surface area contributed by atoms with Crippen LogP contribution in [-0.4, -0.2) is 20.4 Å². The molecule has 2 heterocycles. The van der Waals surface area contributed by atoms with Gasteiger partial charge in [0, 0.05) is 24.7 Å². The highest BCUT2D eigenvalue weighted by Gasteiger charge is 2.18. The van der Waals surface area contributed by atoms with E-state index in [1.54, 1.807) is 0 Å². The number of benzene rings is 1. The van der Waals surface area contributed by atoms with E-state index in [1.165, 1.54) is 17.0 Å². The number of aryl methyl sites for hydroxylation is 1. The summed E-state index contributed by atoms with van der Waals surface area (Å²) >= 11 is 0.860. The second-order valence-electron chi connectivity index (χ2n) is 7.72. The van der Waals surface area contributed by atoms with E-state index in [4.69, 9.17) is 0 Å². The predicted octanol–water partition coefficient (Wildman–Crippen LogP) is 4.64. The van der Waals surface area contributed by atoms with Crippen molar-refractivity contribution in [2.24, 2.45) is 0 Å². The van der Waals surface area contributed by atoms with E-state index >= 15 is 0 Å². The lowest BCUT2D eigenvalue weighted by atomic mass is 9.92. The maximum atomic E-state index is 12.7. The van der Waals surface area contributed by atoms with Crippen molar-refractivity contribution in [1.29, 1.82) is 0 Å². The van der Waals surface area contributed by atoms with Gasteiger partial charge in [0.15, 0.2) is 0 Å². The molecule has 0 atom stereocenters. The second kappa shape index (κ2) is 8.74. The molecule has 1 aromatic carbocycles. The van der Waals surface area contributed by atoms with Gasteiger partial charge in [-0.2, -0.15) is 0 Å².